The zero-order valence-electron chi connectivity index (χ0n) is 12.1. The molecular weight excluding hydrogens is 309 g/mol. The molecule has 116 valence electrons. The Hall–Kier alpha value is -2.27. The van der Waals surface area contributed by atoms with Gasteiger partial charge in [-0.1, -0.05) is 11.6 Å². The van der Waals surface area contributed by atoms with E-state index < -0.39 is 11.9 Å². The van der Waals surface area contributed by atoms with Gasteiger partial charge in [-0.05, 0) is 49.4 Å². The number of rotatable bonds is 5. The van der Waals surface area contributed by atoms with Gasteiger partial charge in [0.2, 0.25) is 0 Å². The normalized spacial score (nSPS) is 11.6. The van der Waals surface area contributed by atoms with Gasteiger partial charge in [-0.2, -0.15) is 0 Å². The molecule has 0 unspecified atom stereocenters. The summed E-state index contributed by atoms with van der Waals surface area (Å²) in [5.41, 5.74) is 0.332. The number of halogens is 2. The molecule has 4 nitrogen and oxygen atoms in total. The fourth-order valence-corrected chi connectivity index (χ4v) is 1.95. The minimum absolute atomic E-state index is 0.130. The Kier molecular flexibility index (Phi) is 5.22. The summed E-state index contributed by atoms with van der Waals surface area (Å²) < 4.78 is 23.5. The molecule has 0 aliphatic carbocycles. The van der Waals surface area contributed by atoms with Crippen LogP contribution in [-0.4, -0.2) is 19.1 Å². The maximum absolute atomic E-state index is 13.0. The molecule has 2 rings (SSSR count). The zero-order chi connectivity index (χ0) is 16.1. The van der Waals surface area contributed by atoms with Crippen LogP contribution in [0.4, 0.5) is 10.1 Å². The van der Waals surface area contributed by atoms with E-state index >= 15 is 0 Å². The van der Waals surface area contributed by atoms with Crippen LogP contribution in [0.5, 0.6) is 11.5 Å². The van der Waals surface area contributed by atoms with E-state index in [1.165, 1.54) is 12.1 Å². The van der Waals surface area contributed by atoms with Gasteiger partial charge in [-0.15, -0.1) is 0 Å². The first-order valence-corrected chi connectivity index (χ1v) is 6.94. The molecule has 6 heteroatoms. The molecule has 0 heterocycles. The van der Waals surface area contributed by atoms with E-state index in [-0.39, 0.29) is 10.9 Å². The Morgan fingerprint density at radius 2 is 1.82 bits per heavy atom. The minimum atomic E-state index is -0.741. The molecule has 0 radical (unpaired) electrons. The van der Waals surface area contributed by atoms with Crippen molar-refractivity contribution in [1.29, 1.82) is 0 Å². The fraction of sp³-hybridized carbons (Fsp3) is 0.188. The molecule has 1 amide bonds. The number of hydrogen-bond acceptors (Lipinski definition) is 3. The summed E-state index contributed by atoms with van der Waals surface area (Å²) in [7, 11) is 1.57. The monoisotopic (exact) mass is 323 g/mol. The van der Waals surface area contributed by atoms with Gasteiger partial charge < -0.3 is 14.8 Å². The van der Waals surface area contributed by atoms with Crippen molar-refractivity contribution >= 4 is 23.2 Å². The molecule has 2 aromatic carbocycles. The van der Waals surface area contributed by atoms with E-state index in [2.05, 4.69) is 5.32 Å². The molecule has 22 heavy (non-hydrogen) atoms. The second-order valence-electron chi connectivity index (χ2n) is 4.55. The quantitative estimate of drug-likeness (QED) is 0.908. The summed E-state index contributed by atoms with van der Waals surface area (Å²) in [5, 5.41) is 2.72. The van der Waals surface area contributed by atoms with Gasteiger partial charge in [0.1, 0.15) is 17.3 Å². The molecule has 0 aliphatic rings. The number of benzene rings is 2. The molecule has 0 saturated carbocycles. The highest BCUT2D eigenvalue weighted by molar-refractivity contribution is 6.33. The first kappa shape index (κ1) is 16.1. The molecule has 0 saturated heterocycles. The second-order valence-corrected chi connectivity index (χ2v) is 4.96. The lowest BCUT2D eigenvalue weighted by Gasteiger charge is -2.15. The Morgan fingerprint density at radius 1 is 1.18 bits per heavy atom. The fourth-order valence-electron chi connectivity index (χ4n) is 1.74. The molecule has 2 aromatic rings. The summed E-state index contributed by atoms with van der Waals surface area (Å²) in [6.07, 6.45) is -0.741. The Labute approximate surface area is 132 Å². The van der Waals surface area contributed by atoms with Gasteiger partial charge in [-0.25, -0.2) is 4.39 Å². The smallest absolute Gasteiger partial charge is 0.265 e. The minimum Gasteiger partial charge on any atom is -0.497 e. The van der Waals surface area contributed by atoms with E-state index in [4.69, 9.17) is 21.1 Å². The van der Waals surface area contributed by atoms with E-state index in [1.807, 2.05) is 0 Å². The number of carbonyl (C=O) groups is 1. The van der Waals surface area contributed by atoms with E-state index in [9.17, 15) is 9.18 Å². The molecule has 1 atom stereocenters. The SMILES string of the molecule is COc1ccc(O[C@H](C)C(=O)Nc2ccc(F)cc2Cl)cc1. The van der Waals surface area contributed by atoms with Crippen LogP contribution in [0, 0.1) is 5.82 Å². The molecule has 0 fully saturated rings. The van der Waals surface area contributed by atoms with Crippen molar-refractivity contribution in [3.63, 3.8) is 0 Å². The predicted molar refractivity (Wildman–Crippen MR) is 83.1 cm³/mol. The highest BCUT2D eigenvalue weighted by atomic mass is 35.5. The van der Waals surface area contributed by atoms with Gasteiger partial charge in [0.15, 0.2) is 6.10 Å². The van der Waals surface area contributed by atoms with Crippen molar-refractivity contribution in [1.82, 2.24) is 0 Å². The maximum Gasteiger partial charge on any atom is 0.265 e. The highest BCUT2D eigenvalue weighted by Gasteiger charge is 2.16. The van der Waals surface area contributed by atoms with Crippen LogP contribution in [0.1, 0.15) is 6.92 Å². The van der Waals surface area contributed by atoms with Crippen molar-refractivity contribution in [3.8, 4) is 11.5 Å². The topological polar surface area (TPSA) is 47.6 Å². The van der Waals surface area contributed by atoms with Crippen LogP contribution in [0.15, 0.2) is 42.5 Å². The van der Waals surface area contributed by atoms with Gasteiger partial charge in [0.05, 0.1) is 17.8 Å². The lowest BCUT2D eigenvalue weighted by molar-refractivity contribution is -0.122. The number of hydrogen-bond donors (Lipinski definition) is 1. The molecule has 0 spiro atoms. The third-order valence-corrected chi connectivity index (χ3v) is 3.24. The largest absolute Gasteiger partial charge is 0.497 e. The Balaban J connectivity index is 1.99. The molecule has 0 aromatic heterocycles. The number of ether oxygens (including phenoxy) is 2. The highest BCUT2D eigenvalue weighted by Crippen LogP contribution is 2.23. The van der Waals surface area contributed by atoms with Crippen molar-refractivity contribution < 1.29 is 18.7 Å². The average molecular weight is 324 g/mol. The number of nitrogens with one attached hydrogen (secondary N) is 1. The van der Waals surface area contributed by atoms with Crippen LogP contribution in [0.25, 0.3) is 0 Å². The van der Waals surface area contributed by atoms with Crippen molar-refractivity contribution in [2.45, 2.75) is 13.0 Å². The van der Waals surface area contributed by atoms with Gasteiger partial charge in [0, 0.05) is 0 Å². The van der Waals surface area contributed by atoms with E-state index in [0.717, 1.165) is 6.07 Å². The molecule has 0 aliphatic heterocycles. The van der Waals surface area contributed by atoms with Crippen molar-refractivity contribution in [2.75, 3.05) is 12.4 Å². The zero-order valence-corrected chi connectivity index (χ0v) is 12.9. The van der Waals surface area contributed by atoms with Gasteiger partial charge in [0.25, 0.3) is 5.91 Å². The Bertz CT molecular complexity index is 661. The lowest BCUT2D eigenvalue weighted by Crippen LogP contribution is -2.30. The summed E-state index contributed by atoms with van der Waals surface area (Å²) in [4.78, 5) is 12.1. The van der Waals surface area contributed by atoms with Crippen LogP contribution >= 0.6 is 11.6 Å². The van der Waals surface area contributed by atoms with Gasteiger partial charge >= 0.3 is 0 Å². The first-order valence-electron chi connectivity index (χ1n) is 6.56. The third kappa shape index (κ3) is 4.11. The van der Waals surface area contributed by atoms with Crippen LogP contribution < -0.4 is 14.8 Å². The molecule has 0 bridgehead atoms. The third-order valence-electron chi connectivity index (χ3n) is 2.93. The summed E-state index contributed by atoms with van der Waals surface area (Å²) in [6, 6.07) is 10.6. The van der Waals surface area contributed by atoms with Gasteiger partial charge in [-0.3, -0.25) is 4.79 Å². The van der Waals surface area contributed by atoms with Crippen molar-refractivity contribution in [3.05, 3.63) is 53.3 Å². The molecular formula is C16H15ClFNO3. The second kappa shape index (κ2) is 7.13. The van der Waals surface area contributed by atoms with E-state index in [1.54, 1.807) is 38.3 Å². The number of anilines is 1. The number of carbonyl (C=O) groups excluding carboxylic acids is 1. The summed E-state index contributed by atoms with van der Waals surface area (Å²) in [5.74, 6) is 0.381. The number of methoxy groups -OCH3 is 1. The van der Waals surface area contributed by atoms with Crippen molar-refractivity contribution in [2.24, 2.45) is 0 Å². The Morgan fingerprint density at radius 3 is 2.41 bits per heavy atom. The lowest BCUT2D eigenvalue weighted by atomic mass is 10.2. The first-order chi connectivity index (χ1) is 10.5. The standard InChI is InChI=1S/C16H15ClFNO3/c1-10(22-13-6-4-12(21-2)5-7-13)16(20)19-15-8-3-11(18)9-14(15)17/h3-10H,1-2H3,(H,19,20)/t10-/m1/s1. The average Bonchev–Trinajstić information content (AvgIpc) is 2.50. The van der Waals surface area contributed by atoms with Crippen LogP contribution in [0.3, 0.4) is 0 Å². The predicted octanol–water partition coefficient (Wildman–Crippen LogP) is 3.89. The van der Waals surface area contributed by atoms with Crippen LogP contribution in [-0.2, 0) is 4.79 Å². The maximum atomic E-state index is 13.0. The van der Waals surface area contributed by atoms with E-state index in [0.29, 0.717) is 17.2 Å². The summed E-state index contributed by atoms with van der Waals surface area (Å²) in [6.45, 7) is 1.61. The molecule has 1 N–H and O–H groups in total. The number of amides is 1. The van der Waals surface area contributed by atoms with Crippen LogP contribution in [0.2, 0.25) is 5.02 Å². The summed E-state index contributed by atoms with van der Waals surface area (Å²) >= 11 is 5.86.